The average Bonchev–Trinajstić information content (AvgIpc) is 2.78. The molecule has 0 saturated carbocycles. The molecule has 0 unspecified atom stereocenters. The number of para-hydroxylation sites is 1. The van der Waals surface area contributed by atoms with Gasteiger partial charge >= 0.3 is 0 Å². The second kappa shape index (κ2) is 7.54. The summed E-state index contributed by atoms with van der Waals surface area (Å²) in [7, 11) is 0. The van der Waals surface area contributed by atoms with Gasteiger partial charge in [0.05, 0.1) is 12.3 Å². The number of amides is 1. The van der Waals surface area contributed by atoms with Gasteiger partial charge in [0.15, 0.2) is 0 Å². The molecule has 24 heavy (non-hydrogen) atoms. The Morgan fingerprint density at radius 2 is 2.00 bits per heavy atom. The van der Waals surface area contributed by atoms with E-state index in [9.17, 15) is 4.79 Å². The van der Waals surface area contributed by atoms with Crippen molar-refractivity contribution in [3.8, 4) is 16.9 Å². The third kappa shape index (κ3) is 3.31. The SMILES string of the molecule is CCCCOc1ccc2c(c1)-c1ccccc1N(C(=O)CCl)C=C2. The smallest absolute Gasteiger partial charge is 0.245 e. The number of anilines is 1. The molecule has 0 aromatic heterocycles. The topological polar surface area (TPSA) is 29.5 Å². The van der Waals surface area contributed by atoms with E-state index in [1.807, 2.05) is 48.5 Å². The van der Waals surface area contributed by atoms with Gasteiger partial charge in [-0.25, -0.2) is 0 Å². The molecule has 4 heteroatoms. The first-order valence-electron chi connectivity index (χ1n) is 8.17. The van der Waals surface area contributed by atoms with Crippen molar-refractivity contribution in [3.05, 3.63) is 54.2 Å². The van der Waals surface area contributed by atoms with Crippen LogP contribution < -0.4 is 9.64 Å². The maximum absolute atomic E-state index is 12.2. The first-order valence-corrected chi connectivity index (χ1v) is 8.70. The number of carbonyl (C=O) groups excluding carboxylic acids is 1. The fraction of sp³-hybridized carbons (Fsp3) is 0.250. The molecule has 0 atom stereocenters. The van der Waals surface area contributed by atoms with Crippen LogP contribution in [0, 0.1) is 0 Å². The summed E-state index contributed by atoms with van der Waals surface area (Å²) >= 11 is 5.77. The van der Waals surface area contributed by atoms with Crippen LogP contribution in [0.2, 0.25) is 0 Å². The number of alkyl halides is 1. The van der Waals surface area contributed by atoms with E-state index in [-0.39, 0.29) is 11.8 Å². The number of hydrogen-bond donors (Lipinski definition) is 0. The quantitative estimate of drug-likeness (QED) is 0.560. The number of rotatable bonds is 5. The van der Waals surface area contributed by atoms with Crippen molar-refractivity contribution in [1.82, 2.24) is 0 Å². The molecule has 1 heterocycles. The molecule has 3 rings (SSSR count). The van der Waals surface area contributed by atoms with Crippen LogP contribution in [0.1, 0.15) is 25.3 Å². The molecule has 0 spiro atoms. The molecular weight excluding hydrogens is 322 g/mol. The van der Waals surface area contributed by atoms with Crippen LogP contribution in [0.25, 0.3) is 17.2 Å². The Labute approximate surface area is 147 Å². The first-order chi connectivity index (χ1) is 11.7. The number of nitrogens with zero attached hydrogens (tertiary/aromatic N) is 1. The Morgan fingerprint density at radius 1 is 1.17 bits per heavy atom. The Kier molecular flexibility index (Phi) is 5.21. The van der Waals surface area contributed by atoms with Gasteiger partial charge in [-0.1, -0.05) is 37.6 Å². The van der Waals surface area contributed by atoms with Crippen LogP contribution in [0.5, 0.6) is 5.75 Å². The van der Waals surface area contributed by atoms with Crippen LogP contribution >= 0.6 is 11.6 Å². The normalized spacial score (nSPS) is 12.3. The monoisotopic (exact) mass is 341 g/mol. The zero-order valence-electron chi connectivity index (χ0n) is 13.7. The number of fused-ring (bicyclic) bond motifs is 3. The van der Waals surface area contributed by atoms with E-state index < -0.39 is 0 Å². The number of ether oxygens (including phenoxy) is 1. The van der Waals surface area contributed by atoms with E-state index in [4.69, 9.17) is 16.3 Å². The Morgan fingerprint density at radius 3 is 2.79 bits per heavy atom. The zero-order chi connectivity index (χ0) is 16.9. The molecule has 0 fully saturated rings. The Bertz CT molecular complexity index is 770. The first kappa shape index (κ1) is 16.6. The van der Waals surface area contributed by atoms with Gasteiger partial charge in [-0.2, -0.15) is 0 Å². The van der Waals surface area contributed by atoms with Crippen molar-refractivity contribution in [1.29, 1.82) is 0 Å². The summed E-state index contributed by atoms with van der Waals surface area (Å²) in [6, 6.07) is 13.9. The molecule has 0 aliphatic carbocycles. The van der Waals surface area contributed by atoms with Crippen LogP contribution in [0.15, 0.2) is 48.7 Å². The predicted octanol–water partition coefficient (Wildman–Crippen LogP) is 5.09. The third-order valence-corrected chi connectivity index (χ3v) is 4.26. The lowest BCUT2D eigenvalue weighted by atomic mass is 9.98. The lowest BCUT2D eigenvalue weighted by Crippen LogP contribution is -2.26. The Balaban J connectivity index is 2.04. The van der Waals surface area contributed by atoms with E-state index in [1.165, 1.54) is 0 Å². The molecule has 0 saturated heterocycles. The standard InChI is InChI=1S/C20H20ClNO2/c1-2-3-12-24-16-9-8-15-10-11-22(20(23)14-21)19-7-5-4-6-17(19)18(15)13-16/h4-11,13H,2-3,12,14H2,1H3. The molecule has 2 aromatic carbocycles. The maximum atomic E-state index is 12.2. The molecule has 3 nitrogen and oxygen atoms in total. The molecule has 2 aromatic rings. The number of benzene rings is 2. The van der Waals surface area contributed by atoms with Crippen LogP contribution in [0.3, 0.4) is 0 Å². The van der Waals surface area contributed by atoms with Crippen molar-refractivity contribution < 1.29 is 9.53 Å². The summed E-state index contributed by atoms with van der Waals surface area (Å²) in [5, 5.41) is 0. The summed E-state index contributed by atoms with van der Waals surface area (Å²) in [6.07, 6.45) is 5.86. The molecule has 0 bridgehead atoms. The summed E-state index contributed by atoms with van der Waals surface area (Å²) in [5.74, 6) is 0.649. The second-order valence-electron chi connectivity index (χ2n) is 5.68. The lowest BCUT2D eigenvalue weighted by Gasteiger charge is -2.19. The molecular formula is C20H20ClNO2. The van der Waals surface area contributed by atoms with Crippen molar-refractivity contribution >= 4 is 29.3 Å². The van der Waals surface area contributed by atoms with Gasteiger partial charge in [0.1, 0.15) is 11.6 Å². The average molecular weight is 342 g/mol. The van der Waals surface area contributed by atoms with Crippen molar-refractivity contribution in [3.63, 3.8) is 0 Å². The van der Waals surface area contributed by atoms with Crippen LogP contribution in [-0.4, -0.2) is 18.4 Å². The molecule has 0 N–H and O–H groups in total. The number of unbranched alkanes of at least 4 members (excludes halogenated alkanes) is 1. The molecule has 1 aliphatic heterocycles. The van der Waals surface area contributed by atoms with Gasteiger partial charge in [-0.15, -0.1) is 11.6 Å². The minimum absolute atomic E-state index is 0.0552. The van der Waals surface area contributed by atoms with Crippen molar-refractivity contribution in [2.45, 2.75) is 19.8 Å². The lowest BCUT2D eigenvalue weighted by molar-refractivity contribution is -0.115. The van der Waals surface area contributed by atoms with E-state index in [1.54, 1.807) is 11.1 Å². The Hall–Kier alpha value is -2.26. The van der Waals surface area contributed by atoms with Gasteiger partial charge in [-0.05, 0) is 41.8 Å². The van der Waals surface area contributed by atoms with E-state index >= 15 is 0 Å². The minimum atomic E-state index is -0.146. The van der Waals surface area contributed by atoms with Crippen LogP contribution in [-0.2, 0) is 4.79 Å². The summed E-state index contributed by atoms with van der Waals surface area (Å²) in [5.41, 5.74) is 3.94. The van der Waals surface area contributed by atoms with Gasteiger partial charge < -0.3 is 4.74 Å². The molecule has 124 valence electrons. The fourth-order valence-electron chi connectivity index (χ4n) is 2.77. The van der Waals surface area contributed by atoms with Crippen molar-refractivity contribution in [2.75, 3.05) is 17.4 Å². The van der Waals surface area contributed by atoms with E-state index in [0.717, 1.165) is 41.0 Å². The van der Waals surface area contributed by atoms with Crippen LogP contribution in [0.4, 0.5) is 5.69 Å². The highest BCUT2D eigenvalue weighted by Gasteiger charge is 2.20. The molecule has 1 aliphatic rings. The van der Waals surface area contributed by atoms with Gasteiger partial charge in [0, 0.05) is 11.8 Å². The highest BCUT2D eigenvalue weighted by molar-refractivity contribution is 6.30. The van der Waals surface area contributed by atoms with E-state index in [0.29, 0.717) is 6.61 Å². The number of hydrogen-bond acceptors (Lipinski definition) is 2. The highest BCUT2D eigenvalue weighted by Crippen LogP contribution is 2.38. The third-order valence-electron chi connectivity index (χ3n) is 4.03. The molecule has 1 amide bonds. The maximum Gasteiger partial charge on any atom is 0.245 e. The van der Waals surface area contributed by atoms with Gasteiger partial charge in [0.25, 0.3) is 0 Å². The summed E-state index contributed by atoms with van der Waals surface area (Å²) < 4.78 is 5.84. The number of carbonyl (C=O) groups is 1. The van der Waals surface area contributed by atoms with Gasteiger partial charge in [-0.3, -0.25) is 9.69 Å². The fourth-order valence-corrected chi connectivity index (χ4v) is 2.90. The zero-order valence-corrected chi connectivity index (χ0v) is 14.4. The largest absolute Gasteiger partial charge is 0.494 e. The second-order valence-corrected chi connectivity index (χ2v) is 5.95. The highest BCUT2D eigenvalue weighted by atomic mass is 35.5. The van der Waals surface area contributed by atoms with E-state index in [2.05, 4.69) is 6.92 Å². The minimum Gasteiger partial charge on any atom is -0.494 e. The predicted molar refractivity (Wildman–Crippen MR) is 99.5 cm³/mol. The van der Waals surface area contributed by atoms with Gasteiger partial charge in [0.2, 0.25) is 5.91 Å². The van der Waals surface area contributed by atoms with Crippen molar-refractivity contribution in [2.24, 2.45) is 0 Å². The molecule has 0 radical (unpaired) electrons. The summed E-state index contributed by atoms with van der Waals surface area (Å²) in [6.45, 7) is 2.85. The number of halogens is 1. The summed E-state index contributed by atoms with van der Waals surface area (Å²) in [4.78, 5) is 13.8.